The van der Waals surface area contributed by atoms with E-state index in [1.54, 1.807) is 47.9 Å². The lowest BCUT2D eigenvalue weighted by molar-refractivity contribution is -0.143. The molecule has 18 nitrogen and oxygen atoms in total. The summed E-state index contributed by atoms with van der Waals surface area (Å²) in [6.45, 7) is 9.47. The summed E-state index contributed by atoms with van der Waals surface area (Å²) in [6, 6.07) is 16.7. The number of carbonyl (C=O) groups is 8. The Hall–Kier alpha value is -6.66. The van der Waals surface area contributed by atoms with E-state index >= 15 is 9.59 Å². The summed E-state index contributed by atoms with van der Waals surface area (Å²) >= 11 is 0. The van der Waals surface area contributed by atoms with Gasteiger partial charge in [0.2, 0.25) is 35.4 Å². The third kappa shape index (κ3) is 15.9. The third-order valence-electron chi connectivity index (χ3n) is 19.1. The number of fused-ring (bicyclic) bond motifs is 2. The molecule has 2 saturated heterocycles. The highest BCUT2D eigenvalue weighted by molar-refractivity contribution is 5.99. The Labute approximate surface area is 503 Å². The molecule has 460 valence electrons. The molecule has 0 aromatic heterocycles. The van der Waals surface area contributed by atoms with Gasteiger partial charge in [0.25, 0.3) is 11.8 Å². The fourth-order valence-corrected chi connectivity index (χ4v) is 14.3. The van der Waals surface area contributed by atoms with E-state index in [9.17, 15) is 28.8 Å². The minimum absolute atomic E-state index is 0.0602. The van der Waals surface area contributed by atoms with E-state index in [4.69, 9.17) is 0 Å². The van der Waals surface area contributed by atoms with E-state index in [1.807, 2.05) is 44.2 Å². The molecular formula is C67H94N10O8. The molecule has 2 heterocycles. The molecule has 0 spiro atoms. The SMILES string of the molecule is CCCN[C@@H](C)C(=O)N[C@H](C(=O)N1C[C@@H](NC(=O)c2ccc(C(=O)N[C@H]3C[C@@H](C(=O)N[C@@H]4CCCc5ccccc54)N(C(=O)[C@@H](NC(=O)[C@H](C)NCCC)C4CCCCC4)C3)cc2)C[C@H]1C(=O)NC[C@@H]1CCCc2ccccc21)C1CCCCC1. The number of hydrogen-bond acceptors (Lipinski definition) is 10. The Morgan fingerprint density at radius 1 is 0.506 bits per heavy atom. The van der Waals surface area contributed by atoms with E-state index < -0.39 is 60.1 Å². The lowest BCUT2D eigenvalue weighted by Crippen LogP contribution is -2.58. The molecule has 3 aromatic carbocycles. The van der Waals surface area contributed by atoms with Gasteiger partial charge in [-0.25, -0.2) is 0 Å². The van der Waals surface area contributed by atoms with Crippen LogP contribution in [0.2, 0.25) is 0 Å². The predicted molar refractivity (Wildman–Crippen MR) is 327 cm³/mol. The second-order valence-corrected chi connectivity index (χ2v) is 25.2. The molecule has 4 fully saturated rings. The molecule has 18 heteroatoms. The summed E-state index contributed by atoms with van der Waals surface area (Å²) in [4.78, 5) is 118. The monoisotopic (exact) mass is 1170 g/mol. The first-order chi connectivity index (χ1) is 41.2. The average Bonchev–Trinajstić information content (AvgIpc) is 4.07. The van der Waals surface area contributed by atoms with Crippen molar-refractivity contribution in [2.45, 2.75) is 216 Å². The van der Waals surface area contributed by atoms with Crippen molar-refractivity contribution in [3.63, 3.8) is 0 Å². The molecule has 6 aliphatic rings. The lowest BCUT2D eigenvalue weighted by Gasteiger charge is -2.35. The number of benzene rings is 3. The van der Waals surface area contributed by atoms with E-state index in [1.165, 1.54) is 16.7 Å². The first-order valence-electron chi connectivity index (χ1n) is 32.3. The molecule has 0 unspecified atom stereocenters. The topological polar surface area (TPSA) is 239 Å². The van der Waals surface area contributed by atoms with Gasteiger partial charge in [-0.1, -0.05) is 101 Å². The van der Waals surface area contributed by atoms with Gasteiger partial charge in [0.05, 0.1) is 18.1 Å². The van der Waals surface area contributed by atoms with Gasteiger partial charge in [-0.15, -0.1) is 0 Å². The van der Waals surface area contributed by atoms with Crippen molar-refractivity contribution in [1.82, 2.24) is 52.3 Å². The lowest BCUT2D eigenvalue weighted by atomic mass is 9.82. The zero-order chi connectivity index (χ0) is 60.0. The predicted octanol–water partition coefficient (Wildman–Crippen LogP) is 6.42. The minimum atomic E-state index is -0.910. The highest BCUT2D eigenvalue weighted by Crippen LogP contribution is 2.35. The summed E-state index contributed by atoms with van der Waals surface area (Å²) in [5.41, 5.74) is 5.31. The summed E-state index contributed by atoms with van der Waals surface area (Å²) < 4.78 is 0. The van der Waals surface area contributed by atoms with Crippen LogP contribution in [0.5, 0.6) is 0 Å². The highest BCUT2D eigenvalue weighted by atomic mass is 16.2. The molecule has 4 aliphatic carbocycles. The molecule has 0 bridgehead atoms. The number of nitrogens with one attached hydrogen (secondary N) is 8. The van der Waals surface area contributed by atoms with E-state index in [-0.39, 0.29) is 96.3 Å². The molecular weight excluding hydrogens is 1070 g/mol. The standard InChI is InChI=1S/C67H94N10O8/c1-5-35-68-42(3)60(78)74-58(46-21-9-7-10-22-46)66(84)76-40-51(37-56(76)64(82)70-39-50-27-17-25-44-19-13-15-28-53(44)50)71-62(80)48-31-33-49(34-32-48)63(81)72-52-38-57(65(83)73-55-30-18-26-45-20-14-16-29-54(45)55)77(41-52)67(85)59(47-23-11-8-12-24-47)75-61(79)43(4)69-36-6-2/h13-16,19-20,28-29,31-34,42-43,46-47,50-52,55-59,68-69H,5-12,17-18,21-27,30,35-41H2,1-4H3,(H,70,82)(H,71,80)(H,72,81)(H,73,83)(H,74,78)(H,75,79)/t42-,43-,50-,51-,52-,55+,56-,57-,58-,59-/m0/s1. The maximum Gasteiger partial charge on any atom is 0.251 e. The van der Waals surface area contributed by atoms with Crippen molar-refractivity contribution in [1.29, 1.82) is 0 Å². The van der Waals surface area contributed by atoms with Crippen LogP contribution in [0.15, 0.2) is 72.8 Å². The molecule has 3 aromatic rings. The Morgan fingerprint density at radius 2 is 0.953 bits per heavy atom. The summed E-state index contributed by atoms with van der Waals surface area (Å²) in [5, 5.41) is 25.4. The van der Waals surface area contributed by atoms with Gasteiger partial charge in [0.1, 0.15) is 24.2 Å². The number of likely N-dealkylation sites (tertiary alicyclic amines) is 2. The molecule has 10 atom stereocenters. The molecule has 8 N–H and O–H groups in total. The Morgan fingerprint density at radius 3 is 1.45 bits per heavy atom. The second kappa shape index (κ2) is 30.1. The van der Waals surface area contributed by atoms with Crippen LogP contribution in [0, 0.1) is 11.8 Å². The van der Waals surface area contributed by atoms with Gasteiger partial charge in [0, 0.05) is 48.8 Å². The van der Waals surface area contributed by atoms with Gasteiger partial charge >= 0.3 is 0 Å². The number of carbonyl (C=O) groups excluding carboxylic acids is 8. The second-order valence-electron chi connectivity index (χ2n) is 25.2. The van der Waals surface area contributed by atoms with Crippen LogP contribution in [0.3, 0.4) is 0 Å². The molecule has 0 radical (unpaired) electrons. The van der Waals surface area contributed by atoms with Crippen molar-refractivity contribution in [3.05, 3.63) is 106 Å². The van der Waals surface area contributed by atoms with Crippen LogP contribution < -0.4 is 42.5 Å². The largest absolute Gasteiger partial charge is 0.354 e. The zero-order valence-corrected chi connectivity index (χ0v) is 50.7. The van der Waals surface area contributed by atoms with Crippen molar-refractivity contribution < 1.29 is 38.4 Å². The van der Waals surface area contributed by atoms with Gasteiger partial charge in [-0.05, 0) is 175 Å². The smallest absolute Gasteiger partial charge is 0.251 e. The molecule has 85 heavy (non-hydrogen) atoms. The molecule has 8 amide bonds. The van der Waals surface area contributed by atoms with E-state index in [2.05, 4.69) is 60.7 Å². The van der Waals surface area contributed by atoms with Crippen molar-refractivity contribution >= 4 is 47.3 Å². The van der Waals surface area contributed by atoms with Crippen LogP contribution in [0.1, 0.15) is 198 Å². The highest BCUT2D eigenvalue weighted by Gasteiger charge is 2.47. The van der Waals surface area contributed by atoms with E-state index in [0.29, 0.717) is 19.6 Å². The van der Waals surface area contributed by atoms with Crippen LogP contribution in [-0.2, 0) is 41.6 Å². The molecule has 9 rings (SSSR count). The third-order valence-corrected chi connectivity index (χ3v) is 19.1. The normalized spacial score (nSPS) is 23.9. The van der Waals surface area contributed by atoms with Crippen molar-refractivity contribution in [2.75, 3.05) is 32.7 Å². The first kappa shape index (κ1) is 62.9. The fraction of sp³-hybridized carbons (Fsp3) is 0.612. The van der Waals surface area contributed by atoms with Crippen molar-refractivity contribution in [3.8, 4) is 0 Å². The van der Waals surface area contributed by atoms with Gasteiger partial charge in [0.15, 0.2) is 0 Å². The van der Waals surface area contributed by atoms with Gasteiger partial charge < -0.3 is 52.3 Å². The summed E-state index contributed by atoms with van der Waals surface area (Å²) in [6.07, 6.45) is 16.5. The number of rotatable bonds is 23. The summed E-state index contributed by atoms with van der Waals surface area (Å²) in [5.74, 6) is -2.75. The first-order valence-corrected chi connectivity index (χ1v) is 32.3. The fourth-order valence-electron chi connectivity index (χ4n) is 14.3. The summed E-state index contributed by atoms with van der Waals surface area (Å²) in [7, 11) is 0. The quantitative estimate of drug-likeness (QED) is 0.0519. The molecule has 2 saturated carbocycles. The van der Waals surface area contributed by atoms with Crippen LogP contribution in [0.25, 0.3) is 0 Å². The van der Waals surface area contributed by atoms with Crippen LogP contribution >= 0.6 is 0 Å². The van der Waals surface area contributed by atoms with Crippen molar-refractivity contribution in [2.24, 2.45) is 11.8 Å². The number of nitrogens with zero attached hydrogens (tertiary/aromatic N) is 2. The number of aryl methyl sites for hydroxylation is 2. The Kier molecular flexibility index (Phi) is 22.3. The number of amides is 8. The number of hydrogen-bond donors (Lipinski definition) is 8. The zero-order valence-electron chi connectivity index (χ0n) is 50.7. The van der Waals surface area contributed by atoms with Gasteiger partial charge in [-0.2, -0.15) is 0 Å². The minimum Gasteiger partial charge on any atom is -0.354 e. The van der Waals surface area contributed by atoms with E-state index in [0.717, 1.165) is 121 Å². The van der Waals surface area contributed by atoms with Crippen LogP contribution in [0.4, 0.5) is 0 Å². The Bertz CT molecular complexity index is 2820. The maximum absolute atomic E-state index is 15.1. The Balaban J connectivity index is 0.892. The maximum atomic E-state index is 15.1. The molecule has 2 aliphatic heterocycles. The average molecular weight is 1170 g/mol. The van der Waals surface area contributed by atoms with Crippen LogP contribution in [-0.4, -0.2) is 138 Å². The van der Waals surface area contributed by atoms with Gasteiger partial charge in [-0.3, -0.25) is 38.4 Å².